The van der Waals surface area contributed by atoms with E-state index in [0.717, 1.165) is 61.0 Å². The van der Waals surface area contributed by atoms with Gasteiger partial charge in [-0.05, 0) is 50.6 Å². The molecule has 0 saturated carbocycles. The lowest BCUT2D eigenvalue weighted by atomic mass is 10.1. The van der Waals surface area contributed by atoms with Crippen LogP contribution in [0.3, 0.4) is 0 Å². The fourth-order valence-electron chi connectivity index (χ4n) is 3.59. The third kappa shape index (κ3) is 5.54. The van der Waals surface area contributed by atoms with Crippen LogP contribution in [-0.2, 0) is 6.54 Å². The number of piperidine rings is 1. The Morgan fingerprint density at radius 2 is 2.11 bits per heavy atom. The van der Waals surface area contributed by atoms with Crippen LogP contribution in [0.4, 0.5) is 0 Å². The van der Waals surface area contributed by atoms with Crippen molar-refractivity contribution in [2.45, 2.75) is 32.4 Å². The number of hydrogen-bond acceptors (Lipinski definition) is 6. The quantitative estimate of drug-likeness (QED) is 0.504. The summed E-state index contributed by atoms with van der Waals surface area (Å²) in [5.41, 5.74) is 16.6. The highest BCUT2D eigenvalue weighted by Crippen LogP contribution is 2.23. The Kier molecular flexibility index (Phi) is 6.88. The second-order valence-electron chi connectivity index (χ2n) is 7.37. The van der Waals surface area contributed by atoms with Gasteiger partial charge in [0.15, 0.2) is 0 Å². The van der Waals surface area contributed by atoms with Crippen LogP contribution in [0, 0.1) is 6.92 Å². The van der Waals surface area contributed by atoms with Crippen molar-refractivity contribution in [3.05, 3.63) is 57.6 Å². The summed E-state index contributed by atoms with van der Waals surface area (Å²) in [5, 5.41) is 10.9. The zero-order valence-electron chi connectivity index (χ0n) is 16.0. The summed E-state index contributed by atoms with van der Waals surface area (Å²) in [6.07, 6.45) is 4.26. The van der Waals surface area contributed by atoms with Gasteiger partial charge < -0.3 is 32.3 Å². The molecule has 2 aliphatic rings. The van der Waals surface area contributed by atoms with Gasteiger partial charge in [0, 0.05) is 42.9 Å². The van der Waals surface area contributed by atoms with E-state index in [1.807, 2.05) is 18.2 Å². The minimum atomic E-state index is 0.524. The monoisotopic (exact) mass is 390 g/mol. The minimum Gasteiger partial charge on any atom is -0.401 e. The molecule has 1 aromatic rings. The lowest BCUT2D eigenvalue weighted by Gasteiger charge is -2.32. The van der Waals surface area contributed by atoms with Crippen LogP contribution in [-0.4, -0.2) is 43.7 Å². The lowest BCUT2D eigenvalue weighted by Crippen LogP contribution is -2.42. The molecule has 148 valence electrons. The van der Waals surface area contributed by atoms with Gasteiger partial charge in [0.05, 0.1) is 5.70 Å². The van der Waals surface area contributed by atoms with Crippen molar-refractivity contribution in [3.63, 3.8) is 0 Å². The van der Waals surface area contributed by atoms with Crippen LogP contribution in [0.15, 0.2) is 41.5 Å². The lowest BCUT2D eigenvalue weighted by molar-refractivity contribution is 0.320. The molecular weight excluding hydrogens is 360 g/mol. The van der Waals surface area contributed by atoms with E-state index in [4.69, 9.17) is 23.1 Å². The zero-order valence-corrected chi connectivity index (χ0v) is 16.8. The third-order valence-corrected chi connectivity index (χ3v) is 5.50. The number of allylic oxidation sites excluding steroid dienone is 1. The van der Waals surface area contributed by atoms with E-state index in [2.05, 4.69) is 33.8 Å². The molecule has 0 aliphatic carbocycles. The summed E-state index contributed by atoms with van der Waals surface area (Å²) in [6, 6.07) is 6.63. The van der Waals surface area contributed by atoms with Gasteiger partial charge in [0.1, 0.15) is 5.82 Å². The van der Waals surface area contributed by atoms with Crippen LogP contribution < -0.4 is 27.4 Å². The molecule has 0 amide bonds. The third-order valence-electron chi connectivity index (χ3n) is 5.13. The number of benzene rings is 1. The van der Waals surface area contributed by atoms with Crippen molar-refractivity contribution in [3.8, 4) is 0 Å². The number of halogens is 1. The second-order valence-corrected chi connectivity index (χ2v) is 7.77. The molecule has 7 heteroatoms. The first-order valence-electron chi connectivity index (χ1n) is 9.66. The molecule has 27 heavy (non-hydrogen) atoms. The highest BCUT2D eigenvalue weighted by atomic mass is 35.5. The number of nitrogens with one attached hydrogen (secondary N) is 3. The van der Waals surface area contributed by atoms with Gasteiger partial charge >= 0.3 is 0 Å². The maximum Gasteiger partial charge on any atom is 0.120 e. The topological polar surface area (TPSA) is 91.4 Å². The first-order chi connectivity index (χ1) is 13.0. The van der Waals surface area contributed by atoms with E-state index in [0.29, 0.717) is 25.0 Å². The highest BCUT2D eigenvalue weighted by Gasteiger charge is 2.19. The summed E-state index contributed by atoms with van der Waals surface area (Å²) in [6.45, 7) is 7.24. The molecule has 1 fully saturated rings. The molecule has 1 aromatic carbocycles. The van der Waals surface area contributed by atoms with E-state index >= 15 is 0 Å². The van der Waals surface area contributed by atoms with Gasteiger partial charge in [-0.15, -0.1) is 0 Å². The minimum absolute atomic E-state index is 0.524. The Morgan fingerprint density at radius 3 is 2.89 bits per heavy atom. The van der Waals surface area contributed by atoms with Gasteiger partial charge in [-0.3, -0.25) is 0 Å². The van der Waals surface area contributed by atoms with Crippen molar-refractivity contribution in [1.82, 2.24) is 20.9 Å². The molecule has 0 spiro atoms. The smallest absolute Gasteiger partial charge is 0.120 e. The number of aryl methyl sites for hydroxylation is 1. The SMILES string of the molecule is Cc1ccc(Cl)c(CN2CCNC(N)=C2/C=C(\N)CNC2CCNCC2)c1. The molecule has 7 N–H and O–H groups in total. The van der Waals surface area contributed by atoms with Crippen LogP contribution in [0.1, 0.15) is 24.0 Å². The molecule has 0 bridgehead atoms. The Labute approximate surface area is 167 Å². The van der Waals surface area contributed by atoms with E-state index in [-0.39, 0.29) is 0 Å². The summed E-state index contributed by atoms with van der Waals surface area (Å²) in [7, 11) is 0. The van der Waals surface area contributed by atoms with Crippen LogP contribution in [0.5, 0.6) is 0 Å². The van der Waals surface area contributed by atoms with Gasteiger partial charge in [0.25, 0.3) is 0 Å². The Balaban J connectivity index is 1.69. The Hall–Kier alpha value is -1.89. The van der Waals surface area contributed by atoms with E-state index in [1.54, 1.807) is 0 Å². The summed E-state index contributed by atoms with van der Waals surface area (Å²) < 4.78 is 0. The average Bonchev–Trinajstić information content (AvgIpc) is 2.66. The maximum atomic E-state index is 6.40. The van der Waals surface area contributed by atoms with Gasteiger partial charge in [-0.2, -0.15) is 0 Å². The maximum absolute atomic E-state index is 6.40. The molecule has 0 aromatic heterocycles. The number of nitrogens with two attached hydrogens (primary N) is 2. The average molecular weight is 391 g/mol. The van der Waals surface area contributed by atoms with Crippen LogP contribution in [0.2, 0.25) is 5.02 Å². The standard InChI is InChI=1S/C20H31ClN6/c1-14-2-3-18(21)15(10-14)13-27-9-8-25-20(23)19(27)11-16(22)12-26-17-4-6-24-7-5-17/h2-3,10-11,17,24-26H,4-9,12-13,22-23H2,1H3/b16-11-. The Morgan fingerprint density at radius 1 is 1.33 bits per heavy atom. The zero-order chi connectivity index (χ0) is 19.2. The largest absolute Gasteiger partial charge is 0.401 e. The van der Waals surface area contributed by atoms with Crippen molar-refractivity contribution < 1.29 is 0 Å². The second kappa shape index (κ2) is 9.35. The van der Waals surface area contributed by atoms with E-state index in [1.165, 1.54) is 5.56 Å². The molecule has 0 radical (unpaired) electrons. The predicted octanol–water partition coefficient (Wildman–Crippen LogP) is 1.37. The fraction of sp³-hybridized carbons (Fsp3) is 0.500. The number of nitrogens with zero attached hydrogens (tertiary/aromatic N) is 1. The molecule has 1 saturated heterocycles. The molecule has 2 heterocycles. The van der Waals surface area contributed by atoms with Gasteiger partial charge in [-0.1, -0.05) is 29.3 Å². The van der Waals surface area contributed by atoms with Crippen molar-refractivity contribution in [2.75, 3.05) is 32.7 Å². The van der Waals surface area contributed by atoms with E-state index in [9.17, 15) is 0 Å². The molecule has 6 nitrogen and oxygen atoms in total. The molecule has 2 aliphatic heterocycles. The first-order valence-corrected chi connectivity index (χ1v) is 10.0. The summed E-state index contributed by atoms with van der Waals surface area (Å²) in [4.78, 5) is 2.24. The van der Waals surface area contributed by atoms with Crippen molar-refractivity contribution in [1.29, 1.82) is 0 Å². The fourth-order valence-corrected chi connectivity index (χ4v) is 3.76. The normalized spacial score (nSPS) is 19.3. The molecule has 0 unspecified atom stereocenters. The summed E-state index contributed by atoms with van der Waals surface area (Å²) in [5.74, 6) is 0.662. The van der Waals surface area contributed by atoms with Crippen LogP contribution >= 0.6 is 11.6 Å². The van der Waals surface area contributed by atoms with Gasteiger partial charge in [0.2, 0.25) is 0 Å². The first kappa shape index (κ1) is 19.9. The highest BCUT2D eigenvalue weighted by molar-refractivity contribution is 6.31. The summed E-state index contributed by atoms with van der Waals surface area (Å²) >= 11 is 6.40. The predicted molar refractivity (Wildman–Crippen MR) is 112 cm³/mol. The van der Waals surface area contributed by atoms with Crippen molar-refractivity contribution in [2.24, 2.45) is 11.5 Å². The number of rotatable bonds is 6. The molecular formula is C20H31ClN6. The Bertz CT molecular complexity index is 708. The van der Waals surface area contributed by atoms with Gasteiger partial charge in [-0.25, -0.2) is 0 Å². The number of hydrogen-bond donors (Lipinski definition) is 5. The van der Waals surface area contributed by atoms with Crippen LogP contribution in [0.25, 0.3) is 0 Å². The van der Waals surface area contributed by atoms with Crippen molar-refractivity contribution >= 4 is 11.6 Å². The molecule has 3 rings (SSSR count). The molecule has 0 atom stereocenters. The van der Waals surface area contributed by atoms with E-state index < -0.39 is 0 Å².